The van der Waals surface area contributed by atoms with Crippen molar-refractivity contribution in [3.63, 3.8) is 0 Å². The van der Waals surface area contributed by atoms with E-state index in [-0.39, 0.29) is 17.7 Å². The van der Waals surface area contributed by atoms with E-state index < -0.39 is 20.1 Å². The van der Waals surface area contributed by atoms with Gasteiger partial charge in [-0.25, -0.2) is 13.1 Å². The Hall–Kier alpha value is -1.12. The number of hydrogen-bond acceptors (Lipinski definition) is 5. The molecule has 1 N–H and O–H groups in total. The fourth-order valence-corrected chi connectivity index (χ4v) is 3.19. The number of nitrogens with one attached hydrogen (secondary N) is 1. The Balaban J connectivity index is 2.01. The molecule has 2 atom stereocenters. The summed E-state index contributed by atoms with van der Waals surface area (Å²) in [5, 5.41) is 0. The lowest BCUT2D eigenvalue weighted by atomic mass is 10.1. The summed E-state index contributed by atoms with van der Waals surface area (Å²) >= 11 is 0. The zero-order valence-corrected chi connectivity index (χ0v) is 12.2. The minimum absolute atomic E-state index is 0.0725. The summed E-state index contributed by atoms with van der Waals surface area (Å²) in [7, 11) is -6.71. The first-order valence-electron chi connectivity index (χ1n) is 5.61. The minimum atomic E-state index is -3.52. The van der Waals surface area contributed by atoms with Gasteiger partial charge in [0.05, 0.1) is 12.5 Å². The lowest BCUT2D eigenvalue weighted by molar-refractivity contribution is 0.493. The van der Waals surface area contributed by atoms with Gasteiger partial charge in [-0.15, -0.1) is 0 Å². The molecule has 0 spiro atoms. The molecule has 1 aromatic rings. The lowest BCUT2D eigenvalue weighted by Crippen LogP contribution is -2.25. The van der Waals surface area contributed by atoms with Crippen LogP contribution < -0.4 is 8.91 Å². The summed E-state index contributed by atoms with van der Waals surface area (Å²) < 4.78 is 51.3. The quantitative estimate of drug-likeness (QED) is 0.797. The summed E-state index contributed by atoms with van der Waals surface area (Å²) in [4.78, 5) is 0. The molecule has 0 aromatic heterocycles. The zero-order chi connectivity index (χ0) is 14.3. The highest BCUT2D eigenvalue weighted by Crippen LogP contribution is 2.41. The van der Waals surface area contributed by atoms with E-state index >= 15 is 0 Å². The van der Waals surface area contributed by atoms with Crippen LogP contribution in [-0.4, -0.2) is 35.4 Å². The molecular formula is C11H15NO5S2. The van der Waals surface area contributed by atoms with E-state index in [4.69, 9.17) is 4.18 Å². The normalized spacial score (nSPS) is 23.1. The van der Waals surface area contributed by atoms with Gasteiger partial charge >= 0.3 is 10.1 Å². The Morgan fingerprint density at radius 2 is 1.68 bits per heavy atom. The van der Waals surface area contributed by atoms with Crippen molar-refractivity contribution in [2.75, 3.05) is 12.5 Å². The molecule has 1 aromatic carbocycles. The molecule has 106 valence electrons. The first-order chi connectivity index (χ1) is 8.64. The van der Waals surface area contributed by atoms with Gasteiger partial charge in [0.2, 0.25) is 10.0 Å². The van der Waals surface area contributed by atoms with E-state index in [2.05, 4.69) is 4.72 Å². The van der Waals surface area contributed by atoms with Crippen molar-refractivity contribution in [1.29, 1.82) is 0 Å². The van der Waals surface area contributed by atoms with Crippen molar-refractivity contribution in [2.24, 2.45) is 0 Å². The van der Waals surface area contributed by atoms with Crippen molar-refractivity contribution in [1.82, 2.24) is 4.72 Å². The smallest absolute Gasteiger partial charge is 0.306 e. The molecule has 0 unspecified atom stereocenters. The average molecular weight is 305 g/mol. The number of benzene rings is 1. The van der Waals surface area contributed by atoms with Gasteiger partial charge in [-0.3, -0.25) is 0 Å². The summed E-state index contributed by atoms with van der Waals surface area (Å²) in [5.41, 5.74) is 0.960. The van der Waals surface area contributed by atoms with Crippen LogP contribution in [-0.2, 0) is 20.1 Å². The van der Waals surface area contributed by atoms with E-state index in [0.717, 1.165) is 24.5 Å². The van der Waals surface area contributed by atoms with Crippen molar-refractivity contribution < 1.29 is 21.0 Å². The molecule has 2 rings (SSSR count). The molecule has 0 radical (unpaired) electrons. The van der Waals surface area contributed by atoms with Gasteiger partial charge in [-0.1, -0.05) is 12.1 Å². The van der Waals surface area contributed by atoms with Crippen molar-refractivity contribution in [2.45, 2.75) is 18.4 Å². The summed E-state index contributed by atoms with van der Waals surface area (Å²) in [5.74, 6) is 0.390. The average Bonchev–Trinajstić information content (AvgIpc) is 2.93. The first-order valence-corrected chi connectivity index (χ1v) is 9.31. The molecule has 1 saturated carbocycles. The van der Waals surface area contributed by atoms with Gasteiger partial charge in [0.25, 0.3) is 0 Å². The third-order valence-corrected chi connectivity index (χ3v) is 3.94. The fourth-order valence-electron chi connectivity index (χ4n) is 1.91. The van der Waals surface area contributed by atoms with Crippen LogP contribution in [0.2, 0.25) is 0 Å². The van der Waals surface area contributed by atoms with Crippen LogP contribution in [0.3, 0.4) is 0 Å². The molecule has 0 aliphatic heterocycles. The number of sulfonamides is 1. The molecule has 0 amide bonds. The van der Waals surface area contributed by atoms with E-state index in [0.29, 0.717) is 0 Å². The maximum absolute atomic E-state index is 11.1. The Kier molecular flexibility index (Phi) is 3.59. The van der Waals surface area contributed by atoms with Crippen molar-refractivity contribution in [3.8, 4) is 5.75 Å². The van der Waals surface area contributed by atoms with Crippen LogP contribution in [0.4, 0.5) is 0 Å². The molecule has 19 heavy (non-hydrogen) atoms. The number of rotatable bonds is 5. The van der Waals surface area contributed by atoms with Gasteiger partial charge in [0.15, 0.2) is 0 Å². The predicted octanol–water partition coefficient (Wildman–Crippen LogP) is 0.430. The topological polar surface area (TPSA) is 89.5 Å². The van der Waals surface area contributed by atoms with Crippen LogP contribution in [0.5, 0.6) is 5.75 Å². The molecule has 1 aliphatic carbocycles. The summed E-state index contributed by atoms with van der Waals surface area (Å²) in [6.45, 7) is 0. The van der Waals surface area contributed by atoms with E-state index in [1.165, 1.54) is 0 Å². The SMILES string of the molecule is CS(=O)(=O)N[C@@H]1C[C@H]1c1ccc(OS(C)(=O)=O)cc1. The maximum Gasteiger partial charge on any atom is 0.306 e. The Morgan fingerprint density at radius 1 is 1.11 bits per heavy atom. The molecule has 0 saturated heterocycles. The Bertz CT molecular complexity index is 664. The molecule has 6 nitrogen and oxygen atoms in total. The molecule has 1 aliphatic rings. The van der Waals surface area contributed by atoms with E-state index in [1.54, 1.807) is 24.3 Å². The minimum Gasteiger partial charge on any atom is -0.383 e. The molecular weight excluding hydrogens is 290 g/mol. The van der Waals surface area contributed by atoms with Gasteiger partial charge < -0.3 is 4.18 Å². The number of hydrogen-bond donors (Lipinski definition) is 1. The standard InChI is InChI=1S/C11H15NO5S2/c1-18(13,14)12-11-7-10(11)8-3-5-9(6-4-8)17-19(2,15)16/h3-6,10-12H,7H2,1-2H3/t10-,11+/m0/s1. The Morgan fingerprint density at radius 3 is 2.16 bits per heavy atom. The second-order valence-corrected chi connectivity index (χ2v) is 8.05. The van der Waals surface area contributed by atoms with Gasteiger partial charge in [-0.05, 0) is 24.1 Å². The predicted molar refractivity (Wildman–Crippen MR) is 71.0 cm³/mol. The third kappa shape index (κ3) is 4.48. The monoisotopic (exact) mass is 305 g/mol. The van der Waals surface area contributed by atoms with E-state index in [1.807, 2.05) is 0 Å². The van der Waals surface area contributed by atoms with Gasteiger partial charge in [-0.2, -0.15) is 8.42 Å². The van der Waals surface area contributed by atoms with Crippen LogP contribution in [0.25, 0.3) is 0 Å². The third-order valence-electron chi connectivity index (χ3n) is 2.71. The van der Waals surface area contributed by atoms with Crippen molar-refractivity contribution >= 4 is 20.1 Å². The highest BCUT2D eigenvalue weighted by molar-refractivity contribution is 7.88. The summed E-state index contributed by atoms with van der Waals surface area (Å²) in [6, 6.07) is 6.54. The second kappa shape index (κ2) is 4.77. The lowest BCUT2D eigenvalue weighted by Gasteiger charge is -2.05. The van der Waals surface area contributed by atoms with Crippen LogP contribution in [0.1, 0.15) is 17.9 Å². The maximum atomic E-state index is 11.1. The summed E-state index contributed by atoms with van der Waals surface area (Å²) in [6.07, 6.45) is 2.86. The van der Waals surface area contributed by atoms with Gasteiger partial charge in [0, 0.05) is 12.0 Å². The molecule has 0 bridgehead atoms. The largest absolute Gasteiger partial charge is 0.383 e. The molecule has 8 heteroatoms. The first kappa shape index (κ1) is 14.3. The highest BCUT2D eigenvalue weighted by atomic mass is 32.2. The molecule has 0 heterocycles. The van der Waals surface area contributed by atoms with Crippen LogP contribution in [0, 0.1) is 0 Å². The van der Waals surface area contributed by atoms with E-state index in [9.17, 15) is 16.8 Å². The van der Waals surface area contributed by atoms with Crippen LogP contribution in [0.15, 0.2) is 24.3 Å². The van der Waals surface area contributed by atoms with Crippen LogP contribution >= 0.6 is 0 Å². The van der Waals surface area contributed by atoms with Gasteiger partial charge in [0.1, 0.15) is 5.75 Å². The second-order valence-electron chi connectivity index (χ2n) is 4.70. The fraction of sp³-hybridized carbons (Fsp3) is 0.455. The van der Waals surface area contributed by atoms with Crippen molar-refractivity contribution in [3.05, 3.63) is 29.8 Å². The highest BCUT2D eigenvalue weighted by Gasteiger charge is 2.40. The molecule has 1 fully saturated rings. The Labute approximate surface area is 113 Å². The zero-order valence-electron chi connectivity index (χ0n) is 10.5.